The molecule has 1 aromatic heterocycles. The van der Waals surface area contributed by atoms with Crippen LogP contribution in [0.15, 0.2) is 42.7 Å². The van der Waals surface area contributed by atoms with E-state index < -0.39 is 0 Å². The summed E-state index contributed by atoms with van der Waals surface area (Å²) < 4.78 is 4.94. The monoisotopic (exact) mass is 310 g/mol. The summed E-state index contributed by atoms with van der Waals surface area (Å²) in [6.45, 7) is 1.17. The lowest BCUT2D eigenvalue weighted by Gasteiger charge is -2.08. The SMILES string of the molecule is COCCCNC(=O)c1cncc(Nc2ccc(C#N)cc2)c1. The number of nitrogens with zero attached hydrogens (tertiary/aromatic N) is 2. The van der Waals surface area contributed by atoms with Gasteiger partial charge in [0, 0.05) is 32.1 Å². The molecule has 0 aliphatic rings. The number of hydrogen-bond donors (Lipinski definition) is 2. The first-order valence-corrected chi connectivity index (χ1v) is 7.22. The second kappa shape index (κ2) is 8.51. The fourth-order valence-electron chi connectivity index (χ4n) is 1.95. The van der Waals surface area contributed by atoms with Crippen LogP contribution in [0.4, 0.5) is 11.4 Å². The number of rotatable bonds is 7. The molecule has 1 amide bonds. The minimum Gasteiger partial charge on any atom is -0.385 e. The van der Waals surface area contributed by atoms with Gasteiger partial charge in [-0.25, -0.2) is 0 Å². The van der Waals surface area contributed by atoms with Crippen LogP contribution in [0.3, 0.4) is 0 Å². The van der Waals surface area contributed by atoms with Gasteiger partial charge >= 0.3 is 0 Å². The largest absolute Gasteiger partial charge is 0.385 e. The maximum Gasteiger partial charge on any atom is 0.252 e. The number of methoxy groups -OCH3 is 1. The molecule has 2 N–H and O–H groups in total. The summed E-state index contributed by atoms with van der Waals surface area (Å²) in [5, 5.41) is 14.8. The molecule has 0 aliphatic carbocycles. The second-order valence-corrected chi connectivity index (χ2v) is 4.88. The van der Waals surface area contributed by atoms with Crippen molar-refractivity contribution in [2.24, 2.45) is 0 Å². The first kappa shape index (κ1) is 16.5. The van der Waals surface area contributed by atoms with E-state index in [9.17, 15) is 4.79 Å². The van der Waals surface area contributed by atoms with Crippen molar-refractivity contribution >= 4 is 17.3 Å². The third-order valence-electron chi connectivity index (χ3n) is 3.11. The highest BCUT2D eigenvalue weighted by Gasteiger charge is 2.06. The van der Waals surface area contributed by atoms with Crippen molar-refractivity contribution in [2.75, 3.05) is 25.6 Å². The molecule has 23 heavy (non-hydrogen) atoms. The summed E-state index contributed by atoms with van der Waals surface area (Å²) in [5.41, 5.74) is 2.61. The molecule has 2 rings (SSSR count). The van der Waals surface area contributed by atoms with E-state index in [0.717, 1.165) is 12.1 Å². The minimum atomic E-state index is -0.169. The molecule has 0 fully saturated rings. The smallest absolute Gasteiger partial charge is 0.252 e. The van der Waals surface area contributed by atoms with Gasteiger partial charge in [-0.1, -0.05) is 0 Å². The molecule has 0 aliphatic heterocycles. The van der Waals surface area contributed by atoms with Crippen LogP contribution in [0.25, 0.3) is 0 Å². The Morgan fingerprint density at radius 2 is 2.04 bits per heavy atom. The van der Waals surface area contributed by atoms with Crippen LogP contribution >= 0.6 is 0 Å². The van der Waals surface area contributed by atoms with Crippen molar-refractivity contribution in [3.05, 3.63) is 53.9 Å². The van der Waals surface area contributed by atoms with E-state index in [1.54, 1.807) is 43.6 Å². The number of nitriles is 1. The van der Waals surface area contributed by atoms with Crippen molar-refractivity contribution in [3.63, 3.8) is 0 Å². The number of nitrogens with one attached hydrogen (secondary N) is 2. The first-order valence-electron chi connectivity index (χ1n) is 7.22. The maximum absolute atomic E-state index is 12.0. The van der Waals surface area contributed by atoms with Gasteiger partial charge in [0.25, 0.3) is 5.91 Å². The van der Waals surface area contributed by atoms with Crippen LogP contribution in [0, 0.1) is 11.3 Å². The predicted molar refractivity (Wildman–Crippen MR) is 87.5 cm³/mol. The Hall–Kier alpha value is -2.91. The fraction of sp³-hybridized carbons (Fsp3) is 0.235. The number of carbonyl (C=O) groups excluding carboxylic acids is 1. The Morgan fingerprint density at radius 3 is 2.74 bits per heavy atom. The Balaban J connectivity index is 1.98. The molecule has 118 valence electrons. The molecule has 0 spiro atoms. The average molecular weight is 310 g/mol. The Bertz CT molecular complexity index is 692. The second-order valence-electron chi connectivity index (χ2n) is 4.88. The minimum absolute atomic E-state index is 0.169. The summed E-state index contributed by atoms with van der Waals surface area (Å²) in [6, 6.07) is 10.9. The molecule has 0 bridgehead atoms. The van der Waals surface area contributed by atoms with E-state index in [1.165, 1.54) is 6.20 Å². The predicted octanol–water partition coefficient (Wildman–Crippen LogP) is 2.46. The molecule has 1 heterocycles. The standard InChI is InChI=1S/C17H18N4O2/c1-23-8-2-7-20-17(22)14-9-16(12-19-11-14)21-15-5-3-13(10-18)4-6-15/h3-6,9,11-12,21H,2,7-8H2,1H3,(H,20,22). The van der Waals surface area contributed by atoms with Crippen LogP contribution in [-0.2, 0) is 4.74 Å². The van der Waals surface area contributed by atoms with Crippen LogP contribution in [0.1, 0.15) is 22.3 Å². The molecule has 0 saturated heterocycles. The van der Waals surface area contributed by atoms with Gasteiger partial charge in [0.15, 0.2) is 0 Å². The van der Waals surface area contributed by atoms with E-state index in [0.29, 0.717) is 30.0 Å². The van der Waals surface area contributed by atoms with Crippen LogP contribution in [0.2, 0.25) is 0 Å². The molecule has 6 heteroatoms. The van der Waals surface area contributed by atoms with Crippen LogP contribution < -0.4 is 10.6 Å². The molecule has 0 atom stereocenters. The van der Waals surface area contributed by atoms with Crippen molar-refractivity contribution in [2.45, 2.75) is 6.42 Å². The lowest BCUT2D eigenvalue weighted by Crippen LogP contribution is -2.25. The molecule has 1 aromatic carbocycles. The Morgan fingerprint density at radius 1 is 1.26 bits per heavy atom. The van der Waals surface area contributed by atoms with Gasteiger partial charge in [-0.05, 0) is 36.8 Å². The number of hydrogen-bond acceptors (Lipinski definition) is 5. The zero-order valence-electron chi connectivity index (χ0n) is 12.9. The van der Waals surface area contributed by atoms with Crippen molar-refractivity contribution in [1.29, 1.82) is 5.26 Å². The van der Waals surface area contributed by atoms with Gasteiger partial charge in [0.1, 0.15) is 0 Å². The van der Waals surface area contributed by atoms with E-state index in [-0.39, 0.29) is 5.91 Å². The Labute approximate surface area is 135 Å². The number of pyridine rings is 1. The highest BCUT2D eigenvalue weighted by Crippen LogP contribution is 2.17. The average Bonchev–Trinajstić information content (AvgIpc) is 2.59. The molecular weight excluding hydrogens is 292 g/mol. The van der Waals surface area contributed by atoms with Gasteiger partial charge in [-0.2, -0.15) is 5.26 Å². The summed E-state index contributed by atoms with van der Waals surface area (Å²) >= 11 is 0. The van der Waals surface area contributed by atoms with Crippen molar-refractivity contribution in [3.8, 4) is 6.07 Å². The maximum atomic E-state index is 12.0. The highest BCUT2D eigenvalue weighted by molar-refractivity contribution is 5.94. The summed E-state index contributed by atoms with van der Waals surface area (Å²) in [4.78, 5) is 16.1. The molecule has 2 aromatic rings. The van der Waals surface area contributed by atoms with E-state index in [2.05, 4.69) is 21.7 Å². The first-order chi connectivity index (χ1) is 11.2. The van der Waals surface area contributed by atoms with Crippen molar-refractivity contribution < 1.29 is 9.53 Å². The number of ether oxygens (including phenoxy) is 1. The third-order valence-corrected chi connectivity index (χ3v) is 3.11. The number of anilines is 2. The van der Waals surface area contributed by atoms with Gasteiger partial charge in [0.05, 0.1) is 29.1 Å². The number of amides is 1. The van der Waals surface area contributed by atoms with Gasteiger partial charge < -0.3 is 15.4 Å². The van der Waals surface area contributed by atoms with Crippen LogP contribution in [0.5, 0.6) is 0 Å². The summed E-state index contributed by atoms with van der Waals surface area (Å²) in [7, 11) is 1.63. The lowest BCUT2D eigenvalue weighted by molar-refractivity contribution is 0.0948. The summed E-state index contributed by atoms with van der Waals surface area (Å²) in [6.07, 6.45) is 3.92. The number of benzene rings is 1. The normalized spacial score (nSPS) is 9.91. The van der Waals surface area contributed by atoms with E-state index in [4.69, 9.17) is 10.00 Å². The lowest BCUT2D eigenvalue weighted by atomic mass is 10.2. The van der Waals surface area contributed by atoms with Gasteiger partial charge in [0.2, 0.25) is 0 Å². The topological polar surface area (TPSA) is 87.0 Å². The quantitative estimate of drug-likeness (QED) is 0.767. The highest BCUT2D eigenvalue weighted by atomic mass is 16.5. The molecular formula is C17H18N4O2. The van der Waals surface area contributed by atoms with Gasteiger partial charge in [-0.3, -0.25) is 9.78 Å². The molecule has 0 radical (unpaired) electrons. The number of aromatic nitrogens is 1. The van der Waals surface area contributed by atoms with Gasteiger partial charge in [-0.15, -0.1) is 0 Å². The zero-order valence-corrected chi connectivity index (χ0v) is 12.9. The fourth-order valence-corrected chi connectivity index (χ4v) is 1.95. The number of carbonyl (C=O) groups is 1. The zero-order chi connectivity index (χ0) is 16.5. The Kier molecular flexibility index (Phi) is 6.09. The summed E-state index contributed by atoms with van der Waals surface area (Å²) in [5.74, 6) is -0.169. The molecule has 0 unspecified atom stereocenters. The van der Waals surface area contributed by atoms with Crippen LogP contribution in [-0.4, -0.2) is 31.2 Å². The third kappa shape index (κ3) is 5.09. The van der Waals surface area contributed by atoms with E-state index in [1.807, 2.05) is 0 Å². The van der Waals surface area contributed by atoms with Crippen molar-refractivity contribution in [1.82, 2.24) is 10.3 Å². The van der Waals surface area contributed by atoms with E-state index >= 15 is 0 Å². The molecule has 6 nitrogen and oxygen atoms in total. The molecule has 0 saturated carbocycles.